The molecule has 0 radical (unpaired) electrons. The Morgan fingerprint density at radius 3 is 3.00 bits per heavy atom. The van der Waals surface area contributed by atoms with Gasteiger partial charge in [0.2, 0.25) is 5.96 Å². The van der Waals surface area contributed by atoms with Gasteiger partial charge in [0.1, 0.15) is 5.70 Å². The predicted octanol–water partition coefficient (Wildman–Crippen LogP) is 2.68. The van der Waals surface area contributed by atoms with E-state index >= 15 is 0 Å². The summed E-state index contributed by atoms with van der Waals surface area (Å²) in [5.41, 5.74) is 5.13. The zero-order chi connectivity index (χ0) is 16.4. The fraction of sp³-hybridized carbons (Fsp3) is 0. The molecule has 4 rings (SSSR count). The fourth-order valence-corrected chi connectivity index (χ4v) is 3.04. The highest BCUT2D eigenvalue weighted by Crippen LogP contribution is 2.17. The number of hydrazone groups is 1. The second kappa shape index (κ2) is 6.13. The number of para-hydroxylation sites is 1. The first-order valence-electron chi connectivity index (χ1n) is 7.30. The standard InChI is InChI=1S/C17H13N5OS/c23-16-15(8-12-4-3-7-24-12)20-17(21-16)22-19-10-11-9-18-14-6-2-1-5-13(11)14/h1-10,18H,(H2,20,21,22,23)/b15-8?,19-10+. The van der Waals surface area contributed by atoms with E-state index in [1.165, 1.54) is 0 Å². The molecule has 0 aliphatic carbocycles. The van der Waals surface area contributed by atoms with Crippen LogP contribution in [-0.2, 0) is 4.79 Å². The van der Waals surface area contributed by atoms with Crippen molar-refractivity contribution in [1.29, 1.82) is 0 Å². The van der Waals surface area contributed by atoms with Crippen LogP contribution in [0.2, 0.25) is 0 Å². The number of thiophene rings is 1. The van der Waals surface area contributed by atoms with Gasteiger partial charge < -0.3 is 4.98 Å². The maximum Gasteiger partial charge on any atom is 0.276 e. The van der Waals surface area contributed by atoms with Crippen molar-refractivity contribution < 1.29 is 4.79 Å². The summed E-state index contributed by atoms with van der Waals surface area (Å²) in [6.45, 7) is 0. The Morgan fingerprint density at radius 1 is 1.21 bits per heavy atom. The van der Waals surface area contributed by atoms with Crippen molar-refractivity contribution in [3.8, 4) is 0 Å². The molecule has 1 aromatic carbocycles. The number of hydrogen-bond donors (Lipinski definition) is 3. The second-order valence-electron chi connectivity index (χ2n) is 5.12. The van der Waals surface area contributed by atoms with Crippen LogP contribution in [0, 0.1) is 0 Å². The minimum atomic E-state index is -0.242. The number of guanidine groups is 1. The monoisotopic (exact) mass is 335 g/mol. The Balaban J connectivity index is 1.49. The number of nitrogens with one attached hydrogen (secondary N) is 3. The van der Waals surface area contributed by atoms with Crippen LogP contribution in [0.1, 0.15) is 10.4 Å². The van der Waals surface area contributed by atoms with Crippen molar-refractivity contribution in [2.24, 2.45) is 10.1 Å². The van der Waals surface area contributed by atoms with E-state index in [1.807, 2.05) is 48.0 Å². The summed E-state index contributed by atoms with van der Waals surface area (Å²) in [7, 11) is 0. The van der Waals surface area contributed by atoms with Gasteiger partial charge >= 0.3 is 0 Å². The summed E-state index contributed by atoms with van der Waals surface area (Å²) < 4.78 is 0. The van der Waals surface area contributed by atoms with Gasteiger partial charge in [0.05, 0.1) is 6.21 Å². The van der Waals surface area contributed by atoms with Crippen molar-refractivity contribution in [2.45, 2.75) is 0 Å². The van der Waals surface area contributed by atoms with Crippen LogP contribution in [0.4, 0.5) is 0 Å². The summed E-state index contributed by atoms with van der Waals surface area (Å²) in [4.78, 5) is 20.3. The van der Waals surface area contributed by atoms with E-state index in [-0.39, 0.29) is 5.91 Å². The van der Waals surface area contributed by atoms with Crippen molar-refractivity contribution in [1.82, 2.24) is 15.7 Å². The first-order chi connectivity index (χ1) is 11.8. The Bertz CT molecular complexity index is 982. The van der Waals surface area contributed by atoms with E-state index in [0.717, 1.165) is 21.3 Å². The van der Waals surface area contributed by atoms with Crippen LogP contribution in [0.25, 0.3) is 17.0 Å². The Kier molecular flexibility index (Phi) is 3.68. The van der Waals surface area contributed by atoms with E-state index in [2.05, 4.69) is 25.8 Å². The van der Waals surface area contributed by atoms with Gasteiger partial charge in [-0.1, -0.05) is 24.3 Å². The number of benzene rings is 1. The molecule has 7 heteroatoms. The molecule has 0 saturated carbocycles. The molecule has 1 amide bonds. The van der Waals surface area contributed by atoms with E-state index in [9.17, 15) is 4.79 Å². The molecule has 0 spiro atoms. The van der Waals surface area contributed by atoms with E-state index in [4.69, 9.17) is 0 Å². The van der Waals surface area contributed by atoms with Crippen LogP contribution in [0.15, 0.2) is 63.8 Å². The first kappa shape index (κ1) is 14.4. The highest BCUT2D eigenvalue weighted by Gasteiger charge is 2.19. The van der Waals surface area contributed by atoms with E-state index in [0.29, 0.717) is 11.7 Å². The van der Waals surface area contributed by atoms with Crippen molar-refractivity contribution >= 4 is 46.4 Å². The Labute approximate surface area is 141 Å². The summed E-state index contributed by atoms with van der Waals surface area (Å²) in [5.74, 6) is 0.0760. The molecule has 6 nitrogen and oxygen atoms in total. The summed E-state index contributed by atoms with van der Waals surface area (Å²) in [6.07, 6.45) is 5.32. The largest absolute Gasteiger partial charge is 0.361 e. The third kappa shape index (κ3) is 2.84. The average Bonchev–Trinajstić information content (AvgIpc) is 3.30. The number of aromatic amines is 1. The van der Waals surface area contributed by atoms with Crippen LogP contribution >= 0.6 is 11.3 Å². The van der Waals surface area contributed by atoms with Gasteiger partial charge in [-0.2, -0.15) is 5.10 Å². The summed E-state index contributed by atoms with van der Waals surface area (Å²) >= 11 is 1.55. The molecule has 0 fully saturated rings. The molecule has 24 heavy (non-hydrogen) atoms. The molecule has 3 heterocycles. The molecule has 3 N–H and O–H groups in total. The third-order valence-corrected chi connectivity index (χ3v) is 4.33. The number of amides is 1. The molecule has 0 unspecified atom stereocenters. The molecule has 1 aliphatic heterocycles. The van der Waals surface area contributed by atoms with Crippen LogP contribution < -0.4 is 10.7 Å². The highest BCUT2D eigenvalue weighted by molar-refractivity contribution is 7.10. The van der Waals surface area contributed by atoms with Crippen molar-refractivity contribution in [3.63, 3.8) is 0 Å². The van der Waals surface area contributed by atoms with Gasteiger partial charge in [-0.15, -0.1) is 11.3 Å². The maximum atomic E-state index is 11.9. The number of nitrogens with zero attached hydrogens (tertiary/aromatic N) is 2. The molecule has 0 saturated heterocycles. The van der Waals surface area contributed by atoms with Crippen molar-refractivity contribution in [2.75, 3.05) is 0 Å². The molecular weight excluding hydrogens is 322 g/mol. The molecule has 0 atom stereocenters. The zero-order valence-electron chi connectivity index (χ0n) is 12.5. The normalized spacial score (nSPS) is 16.1. The number of carbonyl (C=O) groups is 1. The average molecular weight is 335 g/mol. The zero-order valence-corrected chi connectivity index (χ0v) is 13.3. The SMILES string of the molecule is O=C1NC(N/N=C/c2c[nH]c3ccccc23)=NC1=Cc1cccs1. The lowest BCUT2D eigenvalue weighted by Gasteiger charge is -1.97. The Hall–Kier alpha value is -3.19. The molecule has 3 aromatic rings. The van der Waals surface area contributed by atoms with Gasteiger partial charge in [-0.3, -0.25) is 10.1 Å². The van der Waals surface area contributed by atoms with E-state index < -0.39 is 0 Å². The first-order valence-corrected chi connectivity index (χ1v) is 8.18. The third-order valence-electron chi connectivity index (χ3n) is 3.51. The predicted molar refractivity (Wildman–Crippen MR) is 96.9 cm³/mol. The molecule has 0 bridgehead atoms. The number of hydrogen-bond acceptors (Lipinski definition) is 5. The van der Waals surface area contributed by atoms with E-state index in [1.54, 1.807) is 23.6 Å². The molecule has 2 aromatic heterocycles. The van der Waals surface area contributed by atoms with Gasteiger partial charge in [-0.25, -0.2) is 10.4 Å². The lowest BCUT2D eigenvalue weighted by atomic mass is 10.2. The second-order valence-corrected chi connectivity index (χ2v) is 6.10. The van der Waals surface area contributed by atoms with Gasteiger partial charge in [0, 0.05) is 27.5 Å². The quantitative estimate of drug-likeness (QED) is 0.391. The molecule has 118 valence electrons. The smallest absolute Gasteiger partial charge is 0.276 e. The van der Waals surface area contributed by atoms with Crippen molar-refractivity contribution in [3.05, 3.63) is 64.1 Å². The van der Waals surface area contributed by atoms with Crippen LogP contribution in [0.3, 0.4) is 0 Å². The Morgan fingerprint density at radius 2 is 2.12 bits per heavy atom. The number of rotatable bonds is 3. The molecule has 1 aliphatic rings. The lowest BCUT2D eigenvalue weighted by molar-refractivity contribution is -0.115. The van der Waals surface area contributed by atoms with Gasteiger partial charge in [0.25, 0.3) is 5.91 Å². The van der Waals surface area contributed by atoms with Gasteiger partial charge in [0.15, 0.2) is 0 Å². The van der Waals surface area contributed by atoms with Gasteiger partial charge in [-0.05, 0) is 23.6 Å². The summed E-state index contributed by atoms with van der Waals surface area (Å²) in [6, 6.07) is 11.8. The summed E-state index contributed by atoms with van der Waals surface area (Å²) in [5, 5.41) is 9.83. The maximum absolute atomic E-state index is 11.9. The minimum absolute atomic E-state index is 0.242. The number of aliphatic imine (C=N–C) groups is 1. The van der Waals surface area contributed by atoms with Crippen LogP contribution in [-0.4, -0.2) is 23.1 Å². The number of H-pyrrole nitrogens is 1. The number of fused-ring (bicyclic) bond motifs is 1. The minimum Gasteiger partial charge on any atom is -0.361 e. The number of aromatic nitrogens is 1. The lowest BCUT2D eigenvalue weighted by Crippen LogP contribution is -2.33. The topological polar surface area (TPSA) is 81.6 Å². The van der Waals surface area contributed by atoms with Crippen LogP contribution in [0.5, 0.6) is 0 Å². The molecular formula is C17H13N5OS. The highest BCUT2D eigenvalue weighted by atomic mass is 32.1. The fourth-order valence-electron chi connectivity index (χ4n) is 2.39. The number of carbonyl (C=O) groups excluding carboxylic acids is 1.